The van der Waals surface area contributed by atoms with Crippen molar-refractivity contribution in [2.24, 2.45) is 0 Å². The Morgan fingerprint density at radius 2 is 1.89 bits per heavy atom. The maximum Gasteiger partial charge on any atom is 0.251 e. The number of hydrogen-bond acceptors (Lipinski definition) is 4. The van der Waals surface area contributed by atoms with Crippen LogP contribution in [0.25, 0.3) is 16.9 Å². The number of carbonyl (C=O) groups excluding carboxylic acids is 1. The fourth-order valence-corrected chi connectivity index (χ4v) is 3.27. The third-order valence-electron chi connectivity index (χ3n) is 4.92. The molecule has 28 heavy (non-hydrogen) atoms. The zero-order valence-corrected chi connectivity index (χ0v) is 15.8. The summed E-state index contributed by atoms with van der Waals surface area (Å²) in [4.78, 5) is 17.2. The Balaban J connectivity index is 1.57. The fourth-order valence-electron chi connectivity index (χ4n) is 3.27. The van der Waals surface area contributed by atoms with Crippen LogP contribution < -0.4 is 5.32 Å². The summed E-state index contributed by atoms with van der Waals surface area (Å²) < 4.78 is 1.67. The standard InChI is InChI=1S/C22H21N5O/c1-15(17-8-4-3-5-9-17)14-24-22(28)18-10-6-12-20(16(18)2)27-21-19(25-26-27)11-7-13-23-21/h3-13,15H,14H2,1-2H3,(H,24,28)/t15-/m1/s1. The highest BCUT2D eigenvalue weighted by Gasteiger charge is 2.16. The molecule has 0 saturated carbocycles. The number of nitrogens with zero attached hydrogens (tertiary/aromatic N) is 4. The lowest BCUT2D eigenvalue weighted by atomic mass is 10.0. The molecule has 0 spiro atoms. The molecular formula is C22H21N5O. The minimum Gasteiger partial charge on any atom is -0.351 e. The molecule has 1 N–H and O–H groups in total. The molecule has 0 unspecified atom stereocenters. The van der Waals surface area contributed by atoms with E-state index in [1.807, 2.05) is 55.5 Å². The number of aromatic nitrogens is 4. The van der Waals surface area contributed by atoms with Gasteiger partial charge in [0.25, 0.3) is 5.91 Å². The number of benzene rings is 2. The first-order valence-electron chi connectivity index (χ1n) is 9.24. The van der Waals surface area contributed by atoms with Crippen molar-refractivity contribution in [3.05, 3.63) is 83.6 Å². The van der Waals surface area contributed by atoms with Crippen LogP contribution in [0.2, 0.25) is 0 Å². The Bertz CT molecular complexity index is 1120. The van der Waals surface area contributed by atoms with Crippen molar-refractivity contribution in [2.75, 3.05) is 6.54 Å². The van der Waals surface area contributed by atoms with Gasteiger partial charge in [-0.05, 0) is 48.2 Å². The van der Waals surface area contributed by atoms with Gasteiger partial charge in [0.05, 0.1) is 5.69 Å². The third kappa shape index (κ3) is 3.36. The molecule has 0 saturated heterocycles. The van der Waals surface area contributed by atoms with Gasteiger partial charge in [-0.2, -0.15) is 4.68 Å². The number of carbonyl (C=O) groups is 1. The summed E-state index contributed by atoms with van der Waals surface area (Å²) in [5, 5.41) is 11.4. The zero-order chi connectivity index (χ0) is 19.5. The van der Waals surface area contributed by atoms with Gasteiger partial charge in [0.2, 0.25) is 0 Å². The van der Waals surface area contributed by atoms with Gasteiger partial charge in [-0.25, -0.2) is 4.98 Å². The molecule has 0 aliphatic heterocycles. The van der Waals surface area contributed by atoms with Crippen LogP contribution in [0, 0.1) is 6.92 Å². The molecule has 2 heterocycles. The second kappa shape index (κ2) is 7.60. The molecule has 4 rings (SSSR count). The molecule has 0 bridgehead atoms. The molecule has 2 aromatic carbocycles. The maximum atomic E-state index is 12.8. The summed E-state index contributed by atoms with van der Waals surface area (Å²) in [6, 6.07) is 19.5. The van der Waals surface area contributed by atoms with Crippen molar-refractivity contribution < 1.29 is 4.79 Å². The molecular weight excluding hydrogens is 350 g/mol. The lowest BCUT2D eigenvalue weighted by Gasteiger charge is -2.15. The normalized spacial score (nSPS) is 12.1. The Labute approximate surface area is 163 Å². The Morgan fingerprint density at radius 1 is 1.07 bits per heavy atom. The first-order chi connectivity index (χ1) is 13.6. The van der Waals surface area contributed by atoms with Crippen molar-refractivity contribution in [3.63, 3.8) is 0 Å². The SMILES string of the molecule is Cc1c(C(=O)NC[C@@H](C)c2ccccc2)cccc1-n1nnc2cccnc21. The number of fused-ring (bicyclic) bond motifs is 1. The van der Waals surface area contributed by atoms with Crippen LogP contribution in [0.1, 0.15) is 34.3 Å². The van der Waals surface area contributed by atoms with Crippen LogP contribution in [0.5, 0.6) is 0 Å². The van der Waals surface area contributed by atoms with E-state index in [0.29, 0.717) is 23.3 Å². The highest BCUT2D eigenvalue weighted by Crippen LogP contribution is 2.21. The van der Waals surface area contributed by atoms with Gasteiger partial charge in [-0.15, -0.1) is 5.10 Å². The predicted molar refractivity (Wildman–Crippen MR) is 109 cm³/mol. The minimum atomic E-state index is -0.0977. The first kappa shape index (κ1) is 17.9. The second-order valence-corrected chi connectivity index (χ2v) is 6.82. The largest absolute Gasteiger partial charge is 0.351 e. The van der Waals surface area contributed by atoms with Crippen molar-refractivity contribution in [3.8, 4) is 5.69 Å². The van der Waals surface area contributed by atoms with E-state index in [-0.39, 0.29) is 11.8 Å². The molecule has 4 aromatic rings. The van der Waals surface area contributed by atoms with Gasteiger partial charge < -0.3 is 5.32 Å². The second-order valence-electron chi connectivity index (χ2n) is 6.82. The zero-order valence-electron chi connectivity index (χ0n) is 15.8. The number of rotatable bonds is 5. The Morgan fingerprint density at radius 3 is 2.71 bits per heavy atom. The van der Waals surface area contributed by atoms with E-state index in [2.05, 4.69) is 39.7 Å². The van der Waals surface area contributed by atoms with E-state index < -0.39 is 0 Å². The van der Waals surface area contributed by atoms with Gasteiger partial charge in [-0.3, -0.25) is 4.79 Å². The summed E-state index contributed by atoms with van der Waals surface area (Å²) in [5.74, 6) is 0.136. The van der Waals surface area contributed by atoms with E-state index in [0.717, 1.165) is 11.3 Å². The Kier molecular flexibility index (Phi) is 4.85. The van der Waals surface area contributed by atoms with Crippen LogP contribution in [-0.2, 0) is 0 Å². The molecule has 6 heteroatoms. The van der Waals surface area contributed by atoms with Gasteiger partial charge in [-0.1, -0.05) is 48.5 Å². The van der Waals surface area contributed by atoms with E-state index in [9.17, 15) is 4.79 Å². The average molecular weight is 371 g/mol. The number of pyridine rings is 1. The summed E-state index contributed by atoms with van der Waals surface area (Å²) >= 11 is 0. The van der Waals surface area contributed by atoms with E-state index in [1.165, 1.54) is 5.56 Å². The summed E-state index contributed by atoms with van der Waals surface area (Å²) in [5.41, 5.74) is 4.84. The maximum absolute atomic E-state index is 12.8. The molecule has 1 amide bonds. The topological polar surface area (TPSA) is 72.7 Å². The molecule has 1 atom stereocenters. The van der Waals surface area contributed by atoms with Gasteiger partial charge in [0, 0.05) is 18.3 Å². The smallest absolute Gasteiger partial charge is 0.251 e. The van der Waals surface area contributed by atoms with Crippen molar-refractivity contribution in [2.45, 2.75) is 19.8 Å². The van der Waals surface area contributed by atoms with Crippen LogP contribution in [0.15, 0.2) is 66.9 Å². The molecule has 6 nitrogen and oxygen atoms in total. The lowest BCUT2D eigenvalue weighted by molar-refractivity contribution is 0.0951. The van der Waals surface area contributed by atoms with Crippen LogP contribution in [0.3, 0.4) is 0 Å². The van der Waals surface area contributed by atoms with Crippen LogP contribution in [0.4, 0.5) is 0 Å². The van der Waals surface area contributed by atoms with Gasteiger partial charge in [0.1, 0.15) is 5.52 Å². The lowest BCUT2D eigenvalue weighted by Crippen LogP contribution is -2.28. The molecule has 2 aromatic heterocycles. The number of nitrogens with one attached hydrogen (secondary N) is 1. The van der Waals surface area contributed by atoms with Crippen LogP contribution in [-0.4, -0.2) is 32.4 Å². The van der Waals surface area contributed by atoms with Crippen LogP contribution >= 0.6 is 0 Å². The third-order valence-corrected chi connectivity index (χ3v) is 4.92. The highest BCUT2D eigenvalue weighted by atomic mass is 16.1. The van der Waals surface area contributed by atoms with Crippen molar-refractivity contribution >= 4 is 17.1 Å². The van der Waals surface area contributed by atoms with E-state index in [4.69, 9.17) is 0 Å². The quantitative estimate of drug-likeness (QED) is 0.581. The fraction of sp³-hybridized carbons (Fsp3) is 0.182. The van der Waals surface area contributed by atoms with Gasteiger partial charge >= 0.3 is 0 Å². The van der Waals surface area contributed by atoms with E-state index in [1.54, 1.807) is 10.9 Å². The summed E-state index contributed by atoms with van der Waals surface area (Å²) in [6.07, 6.45) is 1.71. The molecule has 0 fully saturated rings. The first-order valence-corrected chi connectivity index (χ1v) is 9.24. The number of amides is 1. The molecule has 0 aliphatic carbocycles. The summed E-state index contributed by atoms with van der Waals surface area (Å²) in [7, 11) is 0. The van der Waals surface area contributed by atoms with Crippen molar-refractivity contribution in [1.82, 2.24) is 25.3 Å². The highest BCUT2D eigenvalue weighted by molar-refractivity contribution is 5.96. The number of hydrogen-bond donors (Lipinski definition) is 1. The average Bonchev–Trinajstić information content (AvgIpc) is 3.16. The summed E-state index contributed by atoms with van der Waals surface area (Å²) in [6.45, 7) is 4.59. The molecule has 0 aliphatic rings. The minimum absolute atomic E-state index is 0.0977. The molecule has 140 valence electrons. The van der Waals surface area contributed by atoms with Crippen molar-refractivity contribution in [1.29, 1.82) is 0 Å². The Hall–Kier alpha value is -3.54. The van der Waals surface area contributed by atoms with Gasteiger partial charge in [0.15, 0.2) is 5.65 Å². The molecule has 0 radical (unpaired) electrons. The monoisotopic (exact) mass is 371 g/mol. The predicted octanol–water partition coefficient (Wildman–Crippen LogP) is 3.66. The van der Waals surface area contributed by atoms with E-state index >= 15 is 0 Å².